The van der Waals surface area contributed by atoms with E-state index in [-0.39, 0.29) is 23.6 Å². The summed E-state index contributed by atoms with van der Waals surface area (Å²) in [6, 6.07) is 12.7. The van der Waals surface area contributed by atoms with Crippen LogP contribution in [0.4, 0.5) is 21.0 Å². The third kappa shape index (κ3) is 4.82. The third-order valence-electron chi connectivity index (χ3n) is 4.77. The summed E-state index contributed by atoms with van der Waals surface area (Å²) in [5.41, 5.74) is 3.18. The number of halogens is 1. The fraction of sp³-hybridized carbons (Fsp3) is 0.364. The number of amides is 4. The molecule has 0 saturated heterocycles. The van der Waals surface area contributed by atoms with E-state index in [0.717, 1.165) is 16.8 Å². The molecule has 6 nitrogen and oxygen atoms in total. The number of hydrogen-bond donors (Lipinski definition) is 2. The Labute approximate surface area is 176 Å². The van der Waals surface area contributed by atoms with Gasteiger partial charge in [-0.2, -0.15) is 0 Å². The fourth-order valence-corrected chi connectivity index (χ4v) is 3.53. The molecule has 1 heterocycles. The van der Waals surface area contributed by atoms with Gasteiger partial charge in [0, 0.05) is 29.8 Å². The van der Waals surface area contributed by atoms with Gasteiger partial charge in [0.15, 0.2) is 0 Å². The lowest BCUT2D eigenvalue weighted by Gasteiger charge is -2.39. The van der Waals surface area contributed by atoms with Gasteiger partial charge >= 0.3 is 12.1 Å². The zero-order valence-electron chi connectivity index (χ0n) is 17.4. The molecule has 1 aliphatic heterocycles. The first kappa shape index (κ1) is 21.0. The van der Waals surface area contributed by atoms with Crippen molar-refractivity contribution < 1.29 is 9.59 Å². The second kappa shape index (κ2) is 7.95. The molecule has 0 aromatic heterocycles. The van der Waals surface area contributed by atoms with Crippen LogP contribution in [0.2, 0.25) is 5.02 Å². The lowest BCUT2D eigenvalue weighted by Crippen LogP contribution is -2.46. The normalized spacial score (nSPS) is 15.0. The second-order valence-electron chi connectivity index (χ2n) is 8.41. The van der Waals surface area contributed by atoms with Crippen LogP contribution in [0.25, 0.3) is 0 Å². The Balaban J connectivity index is 1.89. The van der Waals surface area contributed by atoms with E-state index < -0.39 is 0 Å². The molecular formula is C22H27ClN4O2. The number of benzene rings is 2. The zero-order chi connectivity index (χ0) is 21.3. The van der Waals surface area contributed by atoms with Gasteiger partial charge in [-0.1, -0.05) is 23.7 Å². The first-order chi connectivity index (χ1) is 13.5. The fourth-order valence-electron chi connectivity index (χ4n) is 3.40. The number of fused-ring (bicyclic) bond motifs is 1. The molecule has 0 spiro atoms. The number of carbonyl (C=O) groups is 2. The number of carbonyl (C=O) groups excluding carboxylic acids is 2. The molecule has 0 saturated carbocycles. The quantitative estimate of drug-likeness (QED) is 0.706. The van der Waals surface area contributed by atoms with Crippen molar-refractivity contribution in [3.8, 4) is 0 Å². The number of anilines is 2. The van der Waals surface area contributed by atoms with Crippen molar-refractivity contribution in [1.82, 2.24) is 10.2 Å². The van der Waals surface area contributed by atoms with E-state index >= 15 is 0 Å². The monoisotopic (exact) mass is 414 g/mol. The van der Waals surface area contributed by atoms with Crippen LogP contribution in [0.5, 0.6) is 0 Å². The van der Waals surface area contributed by atoms with E-state index in [4.69, 9.17) is 11.6 Å². The summed E-state index contributed by atoms with van der Waals surface area (Å²) in [5.74, 6) is 0. The van der Waals surface area contributed by atoms with Crippen LogP contribution in [0.15, 0.2) is 42.5 Å². The number of rotatable bonds is 3. The van der Waals surface area contributed by atoms with Crippen LogP contribution in [0, 0.1) is 0 Å². The van der Waals surface area contributed by atoms with Crippen molar-refractivity contribution >= 4 is 35.0 Å². The highest BCUT2D eigenvalue weighted by Crippen LogP contribution is 2.36. The highest BCUT2D eigenvalue weighted by atomic mass is 35.5. The van der Waals surface area contributed by atoms with Crippen molar-refractivity contribution in [2.45, 2.75) is 45.8 Å². The molecule has 0 fully saturated rings. The first-order valence-electron chi connectivity index (χ1n) is 9.57. The van der Waals surface area contributed by atoms with Gasteiger partial charge in [-0.05, 0) is 69.2 Å². The molecule has 0 unspecified atom stereocenters. The van der Waals surface area contributed by atoms with Gasteiger partial charge in [0.1, 0.15) is 0 Å². The molecule has 2 aromatic rings. The van der Waals surface area contributed by atoms with Crippen LogP contribution in [0.3, 0.4) is 0 Å². The summed E-state index contributed by atoms with van der Waals surface area (Å²) in [6.45, 7) is 8.25. The molecule has 154 valence electrons. The van der Waals surface area contributed by atoms with Gasteiger partial charge in [0.2, 0.25) is 0 Å². The van der Waals surface area contributed by atoms with E-state index in [1.807, 2.05) is 70.2 Å². The minimum atomic E-state index is -0.324. The predicted octanol–water partition coefficient (Wildman–Crippen LogP) is 5.39. The molecule has 2 aromatic carbocycles. The predicted molar refractivity (Wildman–Crippen MR) is 118 cm³/mol. The lowest BCUT2D eigenvalue weighted by atomic mass is 10.0. The maximum Gasteiger partial charge on any atom is 0.325 e. The van der Waals surface area contributed by atoms with Crippen molar-refractivity contribution in [1.29, 1.82) is 0 Å². The first-order valence-corrected chi connectivity index (χ1v) is 9.95. The SMILES string of the molecule is C[C@H](c1ccc(Cl)cc1)N1C(=O)N(C)Cc2cc(NC(=O)NC(C)(C)C)ccc21. The molecule has 1 atom stereocenters. The van der Waals surface area contributed by atoms with Crippen LogP contribution >= 0.6 is 11.6 Å². The number of urea groups is 2. The van der Waals surface area contributed by atoms with E-state index in [9.17, 15) is 9.59 Å². The Morgan fingerprint density at radius 2 is 1.79 bits per heavy atom. The second-order valence-corrected chi connectivity index (χ2v) is 8.85. The molecule has 2 N–H and O–H groups in total. The number of nitrogens with one attached hydrogen (secondary N) is 2. The van der Waals surface area contributed by atoms with Crippen molar-refractivity contribution in [2.75, 3.05) is 17.3 Å². The Bertz CT molecular complexity index is 921. The molecular weight excluding hydrogens is 388 g/mol. The van der Waals surface area contributed by atoms with E-state index in [2.05, 4.69) is 10.6 Å². The van der Waals surface area contributed by atoms with Gasteiger partial charge in [0.25, 0.3) is 0 Å². The van der Waals surface area contributed by atoms with Gasteiger partial charge in [0.05, 0.1) is 11.7 Å². The van der Waals surface area contributed by atoms with Crippen LogP contribution in [-0.4, -0.2) is 29.5 Å². The molecule has 7 heteroatoms. The molecule has 1 aliphatic rings. The zero-order valence-corrected chi connectivity index (χ0v) is 18.2. The molecule has 29 heavy (non-hydrogen) atoms. The summed E-state index contributed by atoms with van der Waals surface area (Å²) >= 11 is 6.01. The lowest BCUT2D eigenvalue weighted by molar-refractivity contribution is 0.208. The Morgan fingerprint density at radius 1 is 1.14 bits per heavy atom. The average molecular weight is 415 g/mol. The summed E-state index contributed by atoms with van der Waals surface area (Å²) in [6.07, 6.45) is 0. The highest BCUT2D eigenvalue weighted by Gasteiger charge is 2.32. The van der Waals surface area contributed by atoms with Gasteiger partial charge < -0.3 is 15.5 Å². The summed E-state index contributed by atoms with van der Waals surface area (Å²) in [7, 11) is 1.78. The maximum atomic E-state index is 12.9. The van der Waals surface area contributed by atoms with Gasteiger partial charge in [-0.15, -0.1) is 0 Å². The van der Waals surface area contributed by atoms with Crippen molar-refractivity contribution in [2.24, 2.45) is 0 Å². The van der Waals surface area contributed by atoms with Gasteiger partial charge in [-0.25, -0.2) is 9.59 Å². The molecule has 0 aliphatic carbocycles. The highest BCUT2D eigenvalue weighted by molar-refractivity contribution is 6.30. The van der Waals surface area contributed by atoms with E-state index in [1.54, 1.807) is 16.8 Å². The molecule has 3 rings (SSSR count). The van der Waals surface area contributed by atoms with Crippen molar-refractivity contribution in [3.63, 3.8) is 0 Å². The van der Waals surface area contributed by atoms with E-state index in [0.29, 0.717) is 17.3 Å². The standard InChI is InChI=1S/C22H27ClN4O2/c1-14(15-6-8-17(23)9-7-15)27-19-11-10-18(24-20(28)25-22(2,3)4)12-16(19)13-26(5)21(27)29/h6-12,14H,13H2,1-5H3,(H2,24,25,28)/t14-/m1/s1. The molecule has 4 amide bonds. The van der Waals surface area contributed by atoms with Crippen molar-refractivity contribution in [3.05, 3.63) is 58.6 Å². The summed E-state index contributed by atoms with van der Waals surface area (Å²) in [4.78, 5) is 28.6. The average Bonchev–Trinajstić information content (AvgIpc) is 2.61. The minimum Gasteiger partial charge on any atom is -0.333 e. The van der Waals surface area contributed by atoms with Crippen LogP contribution < -0.4 is 15.5 Å². The number of nitrogens with zero attached hydrogens (tertiary/aromatic N) is 2. The smallest absolute Gasteiger partial charge is 0.325 e. The largest absolute Gasteiger partial charge is 0.333 e. The van der Waals surface area contributed by atoms with Gasteiger partial charge in [-0.3, -0.25) is 4.90 Å². The third-order valence-corrected chi connectivity index (χ3v) is 5.02. The maximum absolute atomic E-state index is 12.9. The van der Waals surface area contributed by atoms with Crippen LogP contribution in [0.1, 0.15) is 44.9 Å². The number of hydrogen-bond acceptors (Lipinski definition) is 2. The summed E-state index contributed by atoms with van der Waals surface area (Å²) < 4.78 is 0. The Morgan fingerprint density at radius 3 is 2.41 bits per heavy atom. The molecule has 0 radical (unpaired) electrons. The Kier molecular flexibility index (Phi) is 5.75. The minimum absolute atomic E-state index is 0.0638. The Hall–Kier alpha value is -2.73. The van der Waals surface area contributed by atoms with E-state index in [1.165, 1.54) is 0 Å². The summed E-state index contributed by atoms with van der Waals surface area (Å²) in [5, 5.41) is 6.41. The van der Waals surface area contributed by atoms with Crippen LogP contribution in [-0.2, 0) is 6.54 Å². The topological polar surface area (TPSA) is 64.7 Å². The molecule has 0 bridgehead atoms.